The van der Waals surface area contributed by atoms with Crippen molar-refractivity contribution in [2.75, 3.05) is 26.2 Å². The molecule has 21 heavy (non-hydrogen) atoms. The van der Waals surface area contributed by atoms with E-state index in [0.717, 1.165) is 49.9 Å². The molecule has 2 fully saturated rings. The Labute approximate surface area is 135 Å². The number of thiophene rings is 1. The summed E-state index contributed by atoms with van der Waals surface area (Å²) in [5, 5.41) is 3.13. The molecule has 1 aliphatic carbocycles. The molecular weight excluding hydrogens is 306 g/mol. The summed E-state index contributed by atoms with van der Waals surface area (Å²) in [5.74, 6) is 0.237. The summed E-state index contributed by atoms with van der Waals surface area (Å²) < 4.78 is 0.874. The first-order valence-electron chi connectivity index (χ1n) is 7.84. The Kier molecular flexibility index (Phi) is 4.84. The maximum atomic E-state index is 12.1. The normalized spacial score (nSPS) is 27.3. The van der Waals surface area contributed by atoms with Crippen molar-refractivity contribution in [2.24, 2.45) is 0 Å². The molecule has 1 aromatic heterocycles. The van der Waals surface area contributed by atoms with E-state index in [1.165, 1.54) is 9.78 Å². The van der Waals surface area contributed by atoms with Crippen molar-refractivity contribution in [2.45, 2.75) is 38.4 Å². The topological polar surface area (TPSA) is 38.0 Å². The zero-order valence-corrected chi connectivity index (χ0v) is 14.0. The van der Waals surface area contributed by atoms with E-state index < -0.39 is 0 Å². The van der Waals surface area contributed by atoms with Gasteiger partial charge in [0.25, 0.3) is 5.91 Å². The molecule has 116 valence electrons. The molecule has 1 aromatic rings. The SMILES string of the molecule is C[C@H](C(=O)NC1CC1)[NH+]1CC[NH+](Cc2ccc(Cl)s2)CC1. The van der Waals surface area contributed by atoms with E-state index in [9.17, 15) is 4.79 Å². The van der Waals surface area contributed by atoms with Gasteiger partial charge in [-0.15, -0.1) is 11.3 Å². The van der Waals surface area contributed by atoms with Crippen molar-refractivity contribution in [3.63, 3.8) is 0 Å². The smallest absolute Gasteiger partial charge is 0.278 e. The maximum Gasteiger partial charge on any atom is 0.278 e. The molecule has 0 bridgehead atoms. The fraction of sp³-hybridized carbons (Fsp3) is 0.667. The molecule has 0 radical (unpaired) electrons. The summed E-state index contributed by atoms with van der Waals surface area (Å²) in [6.45, 7) is 7.55. The molecule has 3 N–H and O–H groups in total. The molecule has 1 amide bonds. The monoisotopic (exact) mass is 329 g/mol. The van der Waals surface area contributed by atoms with Gasteiger partial charge in [0.15, 0.2) is 6.04 Å². The Morgan fingerprint density at radius 2 is 2.10 bits per heavy atom. The van der Waals surface area contributed by atoms with Gasteiger partial charge in [0.05, 0.1) is 9.21 Å². The lowest BCUT2D eigenvalue weighted by Crippen LogP contribution is -3.29. The van der Waals surface area contributed by atoms with E-state index >= 15 is 0 Å². The van der Waals surface area contributed by atoms with Crippen LogP contribution in [-0.2, 0) is 11.3 Å². The quantitative estimate of drug-likeness (QED) is 0.660. The summed E-state index contributed by atoms with van der Waals surface area (Å²) in [6.07, 6.45) is 2.32. The Morgan fingerprint density at radius 1 is 1.38 bits per heavy atom. The molecule has 0 spiro atoms. The Hall–Kier alpha value is -0.620. The highest BCUT2D eigenvalue weighted by Crippen LogP contribution is 2.20. The molecule has 3 rings (SSSR count). The minimum atomic E-state index is 0.0864. The van der Waals surface area contributed by atoms with E-state index in [1.54, 1.807) is 16.2 Å². The number of amides is 1. The summed E-state index contributed by atoms with van der Waals surface area (Å²) in [5.41, 5.74) is 0. The molecule has 2 heterocycles. The van der Waals surface area contributed by atoms with Gasteiger partial charge < -0.3 is 15.1 Å². The fourth-order valence-corrected chi connectivity index (χ4v) is 4.13. The number of rotatable bonds is 5. The lowest BCUT2D eigenvalue weighted by atomic mass is 10.2. The van der Waals surface area contributed by atoms with Crippen LogP contribution in [0, 0.1) is 0 Å². The number of halogens is 1. The van der Waals surface area contributed by atoms with Gasteiger partial charge in [-0.2, -0.15) is 0 Å². The second-order valence-electron chi connectivity index (χ2n) is 6.30. The van der Waals surface area contributed by atoms with Gasteiger partial charge in [0.1, 0.15) is 32.7 Å². The molecule has 6 heteroatoms. The van der Waals surface area contributed by atoms with Crippen LogP contribution in [0.1, 0.15) is 24.6 Å². The van der Waals surface area contributed by atoms with Gasteiger partial charge in [0, 0.05) is 6.04 Å². The van der Waals surface area contributed by atoms with Crippen molar-refractivity contribution in [1.82, 2.24) is 5.32 Å². The van der Waals surface area contributed by atoms with Crippen LogP contribution in [0.5, 0.6) is 0 Å². The number of nitrogens with one attached hydrogen (secondary N) is 3. The fourth-order valence-electron chi connectivity index (χ4n) is 2.97. The van der Waals surface area contributed by atoms with Gasteiger partial charge in [-0.1, -0.05) is 11.6 Å². The first-order valence-corrected chi connectivity index (χ1v) is 9.04. The summed E-state index contributed by atoms with van der Waals surface area (Å²) in [4.78, 5) is 16.5. The van der Waals surface area contributed by atoms with Crippen LogP contribution in [0.15, 0.2) is 12.1 Å². The second kappa shape index (κ2) is 6.65. The van der Waals surface area contributed by atoms with Crippen LogP contribution in [0.3, 0.4) is 0 Å². The van der Waals surface area contributed by atoms with Crippen molar-refractivity contribution in [3.8, 4) is 0 Å². The minimum absolute atomic E-state index is 0.0864. The van der Waals surface area contributed by atoms with Crippen LogP contribution >= 0.6 is 22.9 Å². The van der Waals surface area contributed by atoms with Crippen LogP contribution in [0.4, 0.5) is 0 Å². The number of carbonyl (C=O) groups excluding carboxylic acids is 1. The first kappa shape index (κ1) is 15.3. The zero-order valence-electron chi connectivity index (χ0n) is 12.5. The molecule has 0 aromatic carbocycles. The molecule has 1 aliphatic heterocycles. The third-order valence-corrected chi connectivity index (χ3v) is 5.81. The lowest BCUT2D eigenvalue weighted by Gasteiger charge is -2.32. The summed E-state index contributed by atoms with van der Waals surface area (Å²) >= 11 is 7.67. The van der Waals surface area contributed by atoms with E-state index in [-0.39, 0.29) is 11.9 Å². The van der Waals surface area contributed by atoms with Gasteiger partial charge in [-0.25, -0.2) is 0 Å². The van der Waals surface area contributed by atoms with Crippen molar-refractivity contribution < 1.29 is 14.6 Å². The average Bonchev–Trinajstić information content (AvgIpc) is 3.20. The third kappa shape index (κ3) is 4.19. The van der Waals surface area contributed by atoms with Crippen molar-refractivity contribution >= 4 is 28.8 Å². The highest BCUT2D eigenvalue weighted by atomic mass is 35.5. The Morgan fingerprint density at radius 3 is 2.67 bits per heavy atom. The summed E-state index contributed by atoms with van der Waals surface area (Å²) in [7, 11) is 0. The standard InChI is InChI=1S/C15H22ClN3OS/c1-11(15(20)17-12-2-3-12)19-8-6-18(7-9-19)10-13-4-5-14(16)21-13/h4-5,11-12H,2-3,6-10H2,1H3,(H,17,20)/p+2/t11-/m1/s1. The number of hydrogen-bond donors (Lipinski definition) is 3. The molecule has 1 saturated carbocycles. The van der Waals surface area contributed by atoms with E-state index in [1.807, 2.05) is 6.07 Å². The zero-order chi connectivity index (χ0) is 14.8. The van der Waals surface area contributed by atoms with Gasteiger partial charge in [0.2, 0.25) is 0 Å². The van der Waals surface area contributed by atoms with Crippen LogP contribution < -0.4 is 15.1 Å². The number of carbonyl (C=O) groups is 1. The minimum Gasteiger partial charge on any atom is -0.348 e. The van der Waals surface area contributed by atoms with Gasteiger partial charge in [-0.3, -0.25) is 4.79 Å². The average molecular weight is 330 g/mol. The second-order valence-corrected chi connectivity index (χ2v) is 8.10. The number of piperazine rings is 1. The van der Waals surface area contributed by atoms with E-state index in [2.05, 4.69) is 18.3 Å². The van der Waals surface area contributed by atoms with E-state index in [4.69, 9.17) is 11.6 Å². The van der Waals surface area contributed by atoms with Crippen molar-refractivity contribution in [3.05, 3.63) is 21.3 Å². The third-order valence-electron chi connectivity index (χ3n) is 4.58. The highest BCUT2D eigenvalue weighted by molar-refractivity contribution is 7.16. The Balaban J connectivity index is 1.44. The van der Waals surface area contributed by atoms with Gasteiger partial charge in [-0.05, 0) is 31.9 Å². The largest absolute Gasteiger partial charge is 0.348 e. The molecule has 1 atom stereocenters. The molecule has 0 unspecified atom stereocenters. The highest BCUT2D eigenvalue weighted by Gasteiger charge is 2.33. The predicted octanol–water partition coefficient (Wildman–Crippen LogP) is -0.648. The van der Waals surface area contributed by atoms with E-state index in [0.29, 0.717) is 6.04 Å². The molecular formula is C15H24ClN3OS+2. The number of hydrogen-bond acceptors (Lipinski definition) is 2. The summed E-state index contributed by atoms with van der Waals surface area (Å²) in [6, 6.07) is 4.66. The lowest BCUT2D eigenvalue weighted by molar-refractivity contribution is -1.02. The van der Waals surface area contributed by atoms with Crippen LogP contribution in [0.25, 0.3) is 0 Å². The van der Waals surface area contributed by atoms with Crippen LogP contribution in [-0.4, -0.2) is 44.2 Å². The van der Waals surface area contributed by atoms with Crippen LogP contribution in [0.2, 0.25) is 4.34 Å². The van der Waals surface area contributed by atoms with Crippen molar-refractivity contribution in [1.29, 1.82) is 0 Å². The molecule has 4 nitrogen and oxygen atoms in total. The predicted molar refractivity (Wildman–Crippen MR) is 85.1 cm³/mol. The maximum absolute atomic E-state index is 12.1. The molecule has 1 saturated heterocycles. The molecule has 2 aliphatic rings. The van der Waals surface area contributed by atoms with Gasteiger partial charge >= 0.3 is 0 Å². The first-order chi connectivity index (χ1) is 10.1. The Bertz CT molecular complexity index is 495. The number of quaternary nitrogens is 2.